The van der Waals surface area contributed by atoms with E-state index in [-0.39, 0.29) is 23.4 Å². The summed E-state index contributed by atoms with van der Waals surface area (Å²) in [6, 6.07) is 22.6. The number of hydrogen-bond donors (Lipinski definition) is 1. The maximum Gasteiger partial charge on any atom is 0.264 e. The Morgan fingerprint density at radius 3 is 2.15 bits per heavy atom. The number of carbonyl (C=O) groups is 1. The Labute approximate surface area is 196 Å². The maximum atomic E-state index is 13.5. The summed E-state index contributed by atoms with van der Waals surface area (Å²) in [5.41, 5.74) is 2.51. The topological polar surface area (TPSA) is 75.7 Å². The molecule has 0 aliphatic rings. The van der Waals surface area contributed by atoms with Crippen LogP contribution in [-0.2, 0) is 14.8 Å². The molecule has 1 amide bonds. The molecule has 0 aliphatic carbocycles. The van der Waals surface area contributed by atoms with Gasteiger partial charge < -0.3 is 10.1 Å². The van der Waals surface area contributed by atoms with Gasteiger partial charge in [0, 0.05) is 0 Å². The quantitative estimate of drug-likeness (QED) is 0.463. The normalized spacial score (nSPS) is 12.1. The van der Waals surface area contributed by atoms with Crippen molar-refractivity contribution in [1.82, 2.24) is 5.32 Å². The fourth-order valence-corrected chi connectivity index (χ4v) is 4.94. The second kappa shape index (κ2) is 11.0. The number of anilines is 1. The zero-order valence-corrected chi connectivity index (χ0v) is 20.0. The monoisotopic (exact) mass is 466 g/mol. The smallest absolute Gasteiger partial charge is 0.264 e. The van der Waals surface area contributed by atoms with Gasteiger partial charge in [0.05, 0.1) is 23.2 Å². The predicted molar refractivity (Wildman–Crippen MR) is 131 cm³/mol. The van der Waals surface area contributed by atoms with Crippen molar-refractivity contribution in [1.29, 1.82) is 0 Å². The molecule has 0 saturated carbocycles. The molecule has 0 bridgehead atoms. The predicted octanol–water partition coefficient (Wildman–Crippen LogP) is 4.86. The van der Waals surface area contributed by atoms with E-state index < -0.39 is 10.0 Å². The van der Waals surface area contributed by atoms with Crippen LogP contribution in [0.3, 0.4) is 0 Å². The Kier molecular flexibility index (Phi) is 8.11. The van der Waals surface area contributed by atoms with Gasteiger partial charge in [-0.2, -0.15) is 0 Å². The first-order valence-electron chi connectivity index (χ1n) is 11.0. The van der Waals surface area contributed by atoms with Crippen LogP contribution in [0.4, 0.5) is 5.69 Å². The lowest BCUT2D eigenvalue weighted by Crippen LogP contribution is -2.42. The second-order valence-electron chi connectivity index (χ2n) is 7.69. The Bertz CT molecular complexity index is 1150. The molecule has 0 spiro atoms. The first-order chi connectivity index (χ1) is 15.8. The molecule has 0 radical (unpaired) electrons. The van der Waals surface area contributed by atoms with Crippen LogP contribution in [0.1, 0.15) is 37.4 Å². The lowest BCUT2D eigenvalue weighted by molar-refractivity contribution is -0.120. The summed E-state index contributed by atoms with van der Waals surface area (Å²) in [5, 5.41) is 2.99. The van der Waals surface area contributed by atoms with Gasteiger partial charge in [0.25, 0.3) is 10.0 Å². The Hall–Kier alpha value is -3.32. The van der Waals surface area contributed by atoms with E-state index in [1.54, 1.807) is 42.5 Å². The SMILES string of the molecule is CCOc1ccc(N(CC(=O)NC(CC)c2ccc(C)cc2)S(=O)(=O)c2ccccc2)cc1. The first-order valence-corrected chi connectivity index (χ1v) is 12.5. The average molecular weight is 467 g/mol. The van der Waals surface area contributed by atoms with Gasteiger partial charge >= 0.3 is 0 Å². The third kappa shape index (κ3) is 6.14. The number of sulfonamides is 1. The van der Waals surface area contributed by atoms with Crippen LogP contribution >= 0.6 is 0 Å². The zero-order chi connectivity index (χ0) is 23.8. The van der Waals surface area contributed by atoms with Crippen LogP contribution in [0.15, 0.2) is 83.8 Å². The molecule has 0 aromatic heterocycles. The lowest BCUT2D eigenvalue weighted by atomic mass is 10.0. The van der Waals surface area contributed by atoms with Crippen molar-refractivity contribution >= 4 is 21.6 Å². The summed E-state index contributed by atoms with van der Waals surface area (Å²) in [6.07, 6.45) is 0.684. The van der Waals surface area contributed by atoms with E-state index in [9.17, 15) is 13.2 Å². The van der Waals surface area contributed by atoms with Crippen LogP contribution < -0.4 is 14.4 Å². The number of hydrogen-bond acceptors (Lipinski definition) is 4. The number of nitrogens with one attached hydrogen (secondary N) is 1. The van der Waals surface area contributed by atoms with Crippen LogP contribution in [0, 0.1) is 6.92 Å². The van der Waals surface area contributed by atoms with Gasteiger partial charge in [-0.25, -0.2) is 8.42 Å². The maximum absolute atomic E-state index is 13.5. The van der Waals surface area contributed by atoms with Crippen molar-refractivity contribution < 1.29 is 17.9 Å². The van der Waals surface area contributed by atoms with Crippen LogP contribution in [0.25, 0.3) is 0 Å². The fraction of sp³-hybridized carbons (Fsp3) is 0.269. The first kappa shape index (κ1) is 24.3. The van der Waals surface area contributed by atoms with E-state index in [4.69, 9.17) is 4.74 Å². The van der Waals surface area contributed by atoms with Gasteiger partial charge in [-0.3, -0.25) is 9.10 Å². The van der Waals surface area contributed by atoms with Gasteiger partial charge in [0.2, 0.25) is 5.91 Å². The molecule has 7 heteroatoms. The number of aryl methyl sites for hydroxylation is 1. The van der Waals surface area contributed by atoms with E-state index in [1.165, 1.54) is 12.1 Å². The Morgan fingerprint density at radius 1 is 0.939 bits per heavy atom. The standard InChI is InChI=1S/C26H30N2O4S/c1-4-25(21-13-11-20(3)12-14-21)27-26(29)19-28(22-15-17-23(18-16-22)32-5-2)33(30,31)24-9-7-6-8-10-24/h6-18,25H,4-5,19H2,1-3H3,(H,27,29). The molecule has 3 aromatic rings. The molecule has 1 atom stereocenters. The van der Waals surface area contributed by atoms with Gasteiger partial charge in [-0.15, -0.1) is 0 Å². The molecule has 0 saturated heterocycles. The summed E-state index contributed by atoms with van der Waals surface area (Å²) in [7, 11) is -3.96. The molecule has 174 valence electrons. The molecule has 1 N–H and O–H groups in total. The van der Waals surface area contributed by atoms with Crippen molar-refractivity contribution in [2.24, 2.45) is 0 Å². The Balaban J connectivity index is 1.88. The number of ether oxygens (including phenoxy) is 1. The molecular weight excluding hydrogens is 436 g/mol. The van der Waals surface area contributed by atoms with Crippen molar-refractivity contribution in [3.05, 3.63) is 90.0 Å². The molecule has 6 nitrogen and oxygen atoms in total. The number of carbonyl (C=O) groups excluding carboxylic acids is 1. The highest BCUT2D eigenvalue weighted by Crippen LogP contribution is 2.26. The minimum Gasteiger partial charge on any atom is -0.494 e. The largest absolute Gasteiger partial charge is 0.494 e. The number of amides is 1. The van der Waals surface area contributed by atoms with Crippen LogP contribution in [0.5, 0.6) is 5.75 Å². The van der Waals surface area contributed by atoms with Crippen LogP contribution in [0.2, 0.25) is 0 Å². The van der Waals surface area contributed by atoms with Gasteiger partial charge in [0.1, 0.15) is 12.3 Å². The van der Waals surface area contributed by atoms with Crippen molar-refractivity contribution in [2.45, 2.75) is 38.1 Å². The highest BCUT2D eigenvalue weighted by molar-refractivity contribution is 7.92. The Morgan fingerprint density at radius 2 is 1.58 bits per heavy atom. The third-order valence-electron chi connectivity index (χ3n) is 5.28. The van der Waals surface area contributed by atoms with E-state index in [2.05, 4.69) is 5.32 Å². The summed E-state index contributed by atoms with van der Waals surface area (Å²) in [5.74, 6) is 0.254. The van der Waals surface area contributed by atoms with E-state index in [0.717, 1.165) is 15.4 Å². The number of rotatable bonds is 10. The molecule has 0 heterocycles. The van der Waals surface area contributed by atoms with E-state index in [1.807, 2.05) is 45.0 Å². The van der Waals surface area contributed by atoms with E-state index >= 15 is 0 Å². The van der Waals surface area contributed by atoms with Crippen molar-refractivity contribution in [3.63, 3.8) is 0 Å². The second-order valence-corrected chi connectivity index (χ2v) is 9.55. The number of benzene rings is 3. The summed E-state index contributed by atoms with van der Waals surface area (Å²) in [4.78, 5) is 13.2. The van der Waals surface area contributed by atoms with Crippen LogP contribution in [-0.4, -0.2) is 27.5 Å². The summed E-state index contributed by atoms with van der Waals surface area (Å²) in [6.45, 7) is 6.03. The molecule has 0 aliphatic heterocycles. The number of nitrogens with zero attached hydrogens (tertiary/aromatic N) is 1. The highest BCUT2D eigenvalue weighted by Gasteiger charge is 2.28. The minimum atomic E-state index is -3.96. The van der Waals surface area contributed by atoms with E-state index in [0.29, 0.717) is 24.5 Å². The summed E-state index contributed by atoms with van der Waals surface area (Å²) >= 11 is 0. The molecule has 1 unspecified atom stereocenters. The average Bonchev–Trinajstić information content (AvgIpc) is 2.83. The van der Waals surface area contributed by atoms with Crippen molar-refractivity contribution in [2.75, 3.05) is 17.5 Å². The molecular formula is C26H30N2O4S. The fourth-order valence-electron chi connectivity index (χ4n) is 3.50. The molecule has 3 rings (SSSR count). The molecule has 33 heavy (non-hydrogen) atoms. The third-order valence-corrected chi connectivity index (χ3v) is 7.07. The highest BCUT2D eigenvalue weighted by atomic mass is 32.2. The zero-order valence-electron chi connectivity index (χ0n) is 19.2. The minimum absolute atomic E-state index is 0.122. The molecule has 0 fully saturated rings. The molecule has 3 aromatic carbocycles. The van der Waals surface area contributed by atoms with Crippen molar-refractivity contribution in [3.8, 4) is 5.75 Å². The van der Waals surface area contributed by atoms with Gasteiger partial charge in [0.15, 0.2) is 0 Å². The summed E-state index contributed by atoms with van der Waals surface area (Å²) < 4.78 is 33.5. The lowest BCUT2D eigenvalue weighted by Gasteiger charge is -2.26. The van der Waals surface area contributed by atoms with Gasteiger partial charge in [-0.1, -0.05) is 55.0 Å². The van der Waals surface area contributed by atoms with Gasteiger partial charge in [-0.05, 0) is 62.2 Å².